The number of anilines is 1. The summed E-state index contributed by atoms with van der Waals surface area (Å²) in [6, 6.07) is 12.9. The minimum absolute atomic E-state index is 0.138. The van der Waals surface area contributed by atoms with E-state index < -0.39 is 0 Å². The van der Waals surface area contributed by atoms with Crippen molar-refractivity contribution in [2.45, 2.75) is 6.61 Å². The molecule has 0 saturated heterocycles. The van der Waals surface area contributed by atoms with E-state index in [4.69, 9.17) is 10.6 Å². The normalized spacial score (nSPS) is 10.7. The molecule has 0 spiro atoms. The lowest BCUT2D eigenvalue weighted by atomic mass is 10.2. The Balaban J connectivity index is 1.92. The maximum atomic E-state index is 9.73. The number of nitrogen functional groups attached to an aromatic ring is 1. The molecular weight excluding hydrogens is 242 g/mol. The maximum absolute atomic E-state index is 9.73. The second-order valence-electron chi connectivity index (χ2n) is 4.21. The number of phenols is 1. The van der Waals surface area contributed by atoms with E-state index >= 15 is 0 Å². The van der Waals surface area contributed by atoms with Crippen LogP contribution < -0.4 is 10.6 Å². The number of aromatic hydroxyl groups is 1. The van der Waals surface area contributed by atoms with Gasteiger partial charge in [0.2, 0.25) is 0 Å². The van der Waals surface area contributed by atoms with Gasteiger partial charge in [-0.2, -0.15) is 0 Å². The van der Waals surface area contributed by atoms with Crippen molar-refractivity contribution in [1.29, 1.82) is 0 Å². The van der Waals surface area contributed by atoms with Gasteiger partial charge in [-0.25, -0.2) is 0 Å². The molecule has 0 radical (unpaired) electrons. The van der Waals surface area contributed by atoms with Gasteiger partial charge in [-0.1, -0.05) is 35.2 Å². The smallest absolute Gasteiger partial charge is 0.142 e. The first-order chi connectivity index (χ1) is 9.25. The summed E-state index contributed by atoms with van der Waals surface area (Å²) >= 11 is 0. The minimum Gasteiger partial charge on any atom is -0.507 e. The summed E-state index contributed by atoms with van der Waals surface area (Å²) in [4.78, 5) is 6.94. The van der Waals surface area contributed by atoms with Crippen LogP contribution in [0.5, 0.6) is 5.75 Å². The van der Waals surface area contributed by atoms with Crippen molar-refractivity contribution >= 4 is 16.6 Å². The van der Waals surface area contributed by atoms with E-state index in [-0.39, 0.29) is 5.75 Å². The van der Waals surface area contributed by atoms with Gasteiger partial charge in [0.15, 0.2) is 0 Å². The van der Waals surface area contributed by atoms with Crippen LogP contribution in [-0.4, -0.2) is 15.1 Å². The Labute approximate surface area is 109 Å². The molecule has 96 valence electrons. The molecule has 19 heavy (non-hydrogen) atoms. The van der Waals surface area contributed by atoms with Gasteiger partial charge in [0.05, 0.1) is 17.3 Å². The summed E-state index contributed by atoms with van der Waals surface area (Å²) in [5, 5.41) is 14.4. The average Bonchev–Trinajstić information content (AvgIpc) is 2.87. The van der Waals surface area contributed by atoms with E-state index in [1.807, 2.05) is 30.3 Å². The highest BCUT2D eigenvalue weighted by Gasteiger charge is 2.10. The second-order valence-corrected chi connectivity index (χ2v) is 4.21. The van der Waals surface area contributed by atoms with Gasteiger partial charge in [0.1, 0.15) is 17.9 Å². The number of hydrogen-bond acceptors (Lipinski definition) is 4. The highest BCUT2D eigenvalue weighted by atomic mass is 16.7. The van der Waals surface area contributed by atoms with Crippen molar-refractivity contribution in [1.82, 2.24) is 9.94 Å². The molecule has 0 saturated carbocycles. The Morgan fingerprint density at radius 1 is 1.16 bits per heavy atom. The first kappa shape index (κ1) is 11.4. The average molecular weight is 255 g/mol. The van der Waals surface area contributed by atoms with Crippen LogP contribution in [-0.2, 0) is 6.61 Å². The van der Waals surface area contributed by atoms with Gasteiger partial charge in [-0.15, -0.1) is 5.10 Å². The van der Waals surface area contributed by atoms with Crippen LogP contribution in [0, 0.1) is 0 Å². The Kier molecular flexibility index (Phi) is 2.72. The number of fused-ring (bicyclic) bond motifs is 1. The number of rotatable bonds is 3. The lowest BCUT2D eigenvalue weighted by Crippen LogP contribution is -2.13. The van der Waals surface area contributed by atoms with E-state index in [1.165, 1.54) is 11.0 Å². The van der Waals surface area contributed by atoms with Gasteiger partial charge in [0, 0.05) is 0 Å². The molecule has 0 fully saturated rings. The highest BCUT2D eigenvalue weighted by Crippen LogP contribution is 2.28. The molecule has 2 aromatic carbocycles. The largest absolute Gasteiger partial charge is 0.507 e. The zero-order valence-electron chi connectivity index (χ0n) is 10.2. The van der Waals surface area contributed by atoms with Crippen molar-refractivity contribution in [3.63, 3.8) is 0 Å². The van der Waals surface area contributed by atoms with Gasteiger partial charge in [-0.05, 0) is 17.7 Å². The zero-order valence-corrected chi connectivity index (χ0v) is 10.2. The fourth-order valence-electron chi connectivity index (χ4n) is 1.93. The van der Waals surface area contributed by atoms with E-state index in [0.29, 0.717) is 23.2 Å². The molecule has 1 aromatic heterocycles. The maximum Gasteiger partial charge on any atom is 0.142 e. The van der Waals surface area contributed by atoms with Crippen LogP contribution in [0.15, 0.2) is 48.7 Å². The molecule has 3 aromatic rings. The van der Waals surface area contributed by atoms with E-state index in [9.17, 15) is 5.11 Å². The lowest BCUT2D eigenvalue weighted by Gasteiger charge is -2.08. The van der Waals surface area contributed by atoms with Crippen LogP contribution in [0.3, 0.4) is 0 Å². The molecule has 0 unspecified atom stereocenters. The summed E-state index contributed by atoms with van der Waals surface area (Å²) < 4.78 is 0. The van der Waals surface area contributed by atoms with E-state index in [0.717, 1.165) is 5.56 Å². The predicted octanol–water partition coefficient (Wildman–Crippen LogP) is 1.95. The third-order valence-corrected chi connectivity index (χ3v) is 2.90. The van der Waals surface area contributed by atoms with Crippen molar-refractivity contribution < 1.29 is 9.94 Å². The molecule has 3 rings (SSSR count). The molecule has 0 atom stereocenters. The Hall–Kier alpha value is -2.69. The predicted molar refractivity (Wildman–Crippen MR) is 72.5 cm³/mol. The molecular formula is C14H13N3O2. The van der Waals surface area contributed by atoms with Crippen molar-refractivity contribution in [2.75, 3.05) is 5.73 Å². The van der Waals surface area contributed by atoms with Crippen LogP contribution in [0.2, 0.25) is 0 Å². The number of nitrogens with two attached hydrogens (primary N) is 1. The van der Waals surface area contributed by atoms with Gasteiger partial charge in [0.25, 0.3) is 0 Å². The molecule has 0 amide bonds. The molecule has 0 bridgehead atoms. The third-order valence-electron chi connectivity index (χ3n) is 2.90. The quantitative estimate of drug-likeness (QED) is 0.554. The zero-order chi connectivity index (χ0) is 13.2. The summed E-state index contributed by atoms with van der Waals surface area (Å²) in [7, 11) is 0. The van der Waals surface area contributed by atoms with E-state index in [1.54, 1.807) is 12.1 Å². The standard InChI is InChI=1S/C14H13N3O2/c15-12-6-7-13(18)11-8-16-17(14(11)12)19-9-10-4-2-1-3-5-10/h1-8,18H,9,15H2. The van der Waals surface area contributed by atoms with Crippen molar-refractivity contribution in [3.05, 3.63) is 54.2 Å². The topological polar surface area (TPSA) is 73.3 Å². The number of nitrogens with zero attached hydrogens (tertiary/aromatic N) is 2. The van der Waals surface area contributed by atoms with Gasteiger partial charge >= 0.3 is 0 Å². The third kappa shape index (κ3) is 2.06. The van der Waals surface area contributed by atoms with Crippen LogP contribution in [0.4, 0.5) is 5.69 Å². The Morgan fingerprint density at radius 3 is 2.74 bits per heavy atom. The van der Waals surface area contributed by atoms with Crippen LogP contribution in [0.25, 0.3) is 10.9 Å². The van der Waals surface area contributed by atoms with Crippen LogP contribution in [0.1, 0.15) is 5.56 Å². The van der Waals surface area contributed by atoms with Crippen molar-refractivity contribution in [2.24, 2.45) is 0 Å². The number of benzene rings is 2. The number of aromatic nitrogens is 2. The van der Waals surface area contributed by atoms with Crippen LogP contribution >= 0.6 is 0 Å². The van der Waals surface area contributed by atoms with Gasteiger partial charge < -0.3 is 15.7 Å². The summed E-state index contributed by atoms with van der Waals surface area (Å²) in [6.07, 6.45) is 1.53. The molecule has 5 heteroatoms. The summed E-state index contributed by atoms with van der Waals surface area (Å²) in [5.74, 6) is 0.138. The summed E-state index contributed by atoms with van der Waals surface area (Å²) in [6.45, 7) is 0.382. The monoisotopic (exact) mass is 255 g/mol. The first-order valence-electron chi connectivity index (χ1n) is 5.88. The second kappa shape index (κ2) is 4.53. The Bertz CT molecular complexity index is 707. The minimum atomic E-state index is 0.138. The molecule has 3 N–H and O–H groups in total. The fourth-order valence-corrected chi connectivity index (χ4v) is 1.93. The SMILES string of the molecule is Nc1ccc(O)c2cnn(OCc3ccccc3)c12. The number of hydrogen-bond donors (Lipinski definition) is 2. The van der Waals surface area contributed by atoms with Crippen molar-refractivity contribution in [3.8, 4) is 5.75 Å². The first-order valence-corrected chi connectivity index (χ1v) is 5.88. The molecule has 5 nitrogen and oxygen atoms in total. The lowest BCUT2D eigenvalue weighted by molar-refractivity contribution is 0.0797. The fraction of sp³-hybridized carbons (Fsp3) is 0.0714. The highest BCUT2D eigenvalue weighted by molar-refractivity contribution is 5.93. The number of phenolic OH excluding ortho intramolecular Hbond substituents is 1. The van der Waals surface area contributed by atoms with Gasteiger partial charge in [-0.3, -0.25) is 0 Å². The molecule has 0 aliphatic carbocycles. The Morgan fingerprint density at radius 2 is 1.95 bits per heavy atom. The molecule has 0 aliphatic rings. The molecule has 0 aliphatic heterocycles. The molecule has 1 heterocycles. The summed E-state index contributed by atoms with van der Waals surface area (Å²) in [5.41, 5.74) is 8.01. The van der Waals surface area contributed by atoms with E-state index in [2.05, 4.69) is 5.10 Å².